The van der Waals surface area contributed by atoms with E-state index in [1.807, 2.05) is 0 Å². The molecule has 4 unspecified atom stereocenters. The van der Waals surface area contributed by atoms with Gasteiger partial charge in [0.25, 0.3) is 5.91 Å². The topological polar surface area (TPSA) is 96.1 Å². The summed E-state index contributed by atoms with van der Waals surface area (Å²) in [6, 6.07) is 0. The number of hydrogen-bond donors (Lipinski definition) is 3. The second-order valence-electron chi connectivity index (χ2n) is 3.08. The molecule has 4 atom stereocenters. The molecule has 5 nitrogen and oxygen atoms in total. The molecule has 0 aromatic heterocycles. The highest BCUT2D eigenvalue weighted by Crippen LogP contribution is 2.45. The van der Waals surface area contributed by atoms with Crippen LogP contribution in [0.4, 0.5) is 0 Å². The average molecular weight is 159 g/mol. The van der Waals surface area contributed by atoms with E-state index in [0.29, 0.717) is 0 Å². The fourth-order valence-electron chi connectivity index (χ4n) is 1.59. The van der Waals surface area contributed by atoms with Gasteiger partial charge in [0.1, 0.15) is 12.2 Å². The van der Waals surface area contributed by atoms with Crippen molar-refractivity contribution in [2.75, 3.05) is 0 Å². The van der Waals surface area contributed by atoms with Gasteiger partial charge in [0.2, 0.25) is 0 Å². The maximum Gasteiger partial charge on any atom is 0.252 e. The van der Waals surface area contributed by atoms with Crippen LogP contribution < -0.4 is 5.73 Å². The molecule has 62 valence electrons. The van der Waals surface area contributed by atoms with Crippen LogP contribution in [0.1, 0.15) is 6.42 Å². The number of hydrogen-bond acceptors (Lipinski definition) is 4. The summed E-state index contributed by atoms with van der Waals surface area (Å²) < 4.78 is 4.84. The maximum atomic E-state index is 10.7. The Labute approximate surface area is 62.8 Å². The Morgan fingerprint density at radius 3 is 2.55 bits per heavy atom. The number of carbonyl (C=O) groups is 1. The van der Waals surface area contributed by atoms with Crippen molar-refractivity contribution in [3.63, 3.8) is 0 Å². The molecule has 0 bridgehead atoms. The van der Waals surface area contributed by atoms with E-state index in [-0.39, 0.29) is 12.5 Å². The minimum Gasteiger partial charge on any atom is -0.390 e. The molecule has 0 aromatic carbocycles. The Balaban J connectivity index is 2.22. The molecule has 1 amide bonds. The second-order valence-corrected chi connectivity index (χ2v) is 3.08. The first-order valence-electron chi connectivity index (χ1n) is 3.41. The van der Waals surface area contributed by atoms with E-state index in [1.165, 1.54) is 0 Å². The van der Waals surface area contributed by atoms with Crippen molar-refractivity contribution >= 4 is 5.91 Å². The van der Waals surface area contributed by atoms with Crippen molar-refractivity contribution < 1.29 is 19.7 Å². The van der Waals surface area contributed by atoms with E-state index in [9.17, 15) is 9.90 Å². The zero-order valence-electron chi connectivity index (χ0n) is 5.73. The quantitative estimate of drug-likeness (QED) is 0.376. The van der Waals surface area contributed by atoms with Crippen LogP contribution in [0, 0.1) is 0 Å². The third kappa shape index (κ3) is 0.727. The maximum absolute atomic E-state index is 10.7. The van der Waals surface area contributed by atoms with Crippen LogP contribution in [-0.2, 0) is 9.53 Å². The molecule has 1 saturated heterocycles. The van der Waals surface area contributed by atoms with Crippen molar-refractivity contribution in [2.45, 2.75) is 30.3 Å². The molecular weight excluding hydrogens is 150 g/mol. The first-order valence-corrected chi connectivity index (χ1v) is 3.41. The summed E-state index contributed by atoms with van der Waals surface area (Å²) in [5.41, 5.74) is 3.30. The molecule has 1 saturated carbocycles. The number of ether oxygens (including phenoxy) is 1. The molecule has 5 heteroatoms. The number of fused-ring (bicyclic) bond motifs is 1. The van der Waals surface area contributed by atoms with Gasteiger partial charge < -0.3 is 20.7 Å². The van der Waals surface area contributed by atoms with Gasteiger partial charge in [-0.15, -0.1) is 0 Å². The number of epoxide rings is 1. The standard InChI is InChI=1S/C6H9NO4/c7-5(9)6(10)1-2(8)3-4(6)11-3/h2-4,8,10H,1H2,(H2,7,9). The number of aliphatic hydroxyl groups excluding tert-OH is 1. The van der Waals surface area contributed by atoms with Crippen molar-refractivity contribution in [2.24, 2.45) is 5.73 Å². The fraction of sp³-hybridized carbons (Fsp3) is 0.833. The van der Waals surface area contributed by atoms with Crippen LogP contribution in [0.15, 0.2) is 0 Å². The van der Waals surface area contributed by atoms with Crippen LogP contribution in [0.5, 0.6) is 0 Å². The van der Waals surface area contributed by atoms with Crippen molar-refractivity contribution in [3.05, 3.63) is 0 Å². The number of aliphatic hydroxyl groups is 2. The Bertz CT molecular complexity index is 219. The third-order valence-corrected chi connectivity index (χ3v) is 2.32. The molecule has 0 aromatic rings. The molecule has 1 heterocycles. The number of nitrogens with two attached hydrogens (primary N) is 1. The lowest BCUT2D eigenvalue weighted by molar-refractivity contribution is -0.141. The molecule has 1 aliphatic heterocycles. The third-order valence-electron chi connectivity index (χ3n) is 2.32. The minimum absolute atomic E-state index is 0.00231. The molecule has 4 N–H and O–H groups in total. The SMILES string of the molecule is NC(=O)C1(O)CC(O)C2OC21. The lowest BCUT2D eigenvalue weighted by Gasteiger charge is -2.19. The van der Waals surface area contributed by atoms with E-state index in [4.69, 9.17) is 15.6 Å². The summed E-state index contributed by atoms with van der Waals surface area (Å²) >= 11 is 0. The van der Waals surface area contributed by atoms with E-state index in [2.05, 4.69) is 0 Å². The van der Waals surface area contributed by atoms with Gasteiger partial charge in [-0.2, -0.15) is 0 Å². The van der Waals surface area contributed by atoms with Crippen LogP contribution in [0.2, 0.25) is 0 Å². The Hall–Kier alpha value is -0.650. The van der Waals surface area contributed by atoms with E-state index in [0.717, 1.165) is 0 Å². The van der Waals surface area contributed by atoms with Crippen molar-refractivity contribution in [1.29, 1.82) is 0 Å². The monoisotopic (exact) mass is 159 g/mol. The summed E-state index contributed by atoms with van der Waals surface area (Å²) in [6.45, 7) is 0. The number of amides is 1. The van der Waals surface area contributed by atoms with Gasteiger partial charge >= 0.3 is 0 Å². The number of carbonyl (C=O) groups excluding carboxylic acids is 1. The highest BCUT2D eigenvalue weighted by atomic mass is 16.6. The Morgan fingerprint density at radius 1 is 1.73 bits per heavy atom. The Morgan fingerprint density at radius 2 is 2.36 bits per heavy atom. The molecule has 0 spiro atoms. The first-order chi connectivity index (χ1) is 5.05. The van der Waals surface area contributed by atoms with Gasteiger partial charge in [-0.1, -0.05) is 0 Å². The summed E-state index contributed by atoms with van der Waals surface area (Å²) in [5, 5.41) is 18.6. The first kappa shape index (κ1) is 7.02. The highest BCUT2D eigenvalue weighted by molar-refractivity contribution is 5.85. The predicted molar refractivity (Wildman–Crippen MR) is 33.4 cm³/mol. The summed E-state index contributed by atoms with van der Waals surface area (Å²) in [7, 11) is 0. The van der Waals surface area contributed by atoms with Crippen molar-refractivity contribution in [3.8, 4) is 0 Å². The smallest absolute Gasteiger partial charge is 0.252 e. The van der Waals surface area contributed by atoms with Gasteiger partial charge in [0.05, 0.1) is 6.10 Å². The molecule has 2 aliphatic rings. The minimum atomic E-state index is -1.63. The number of rotatable bonds is 1. The van der Waals surface area contributed by atoms with E-state index in [1.54, 1.807) is 0 Å². The molecule has 0 radical (unpaired) electrons. The lowest BCUT2D eigenvalue weighted by atomic mass is 10.0. The van der Waals surface area contributed by atoms with Crippen LogP contribution in [0.3, 0.4) is 0 Å². The zero-order chi connectivity index (χ0) is 8.22. The van der Waals surface area contributed by atoms with Crippen LogP contribution >= 0.6 is 0 Å². The average Bonchev–Trinajstić information content (AvgIpc) is 2.59. The van der Waals surface area contributed by atoms with Crippen molar-refractivity contribution in [1.82, 2.24) is 0 Å². The highest BCUT2D eigenvalue weighted by Gasteiger charge is 2.67. The van der Waals surface area contributed by atoms with Gasteiger partial charge in [-0.25, -0.2) is 0 Å². The van der Waals surface area contributed by atoms with Gasteiger partial charge in [-0.3, -0.25) is 4.79 Å². The Kier molecular flexibility index (Phi) is 1.11. The molecule has 2 rings (SSSR count). The summed E-state index contributed by atoms with van der Waals surface area (Å²) in [4.78, 5) is 10.7. The normalized spacial score (nSPS) is 53.8. The number of primary amides is 1. The van der Waals surface area contributed by atoms with Crippen LogP contribution in [-0.4, -0.2) is 40.0 Å². The van der Waals surface area contributed by atoms with E-state index >= 15 is 0 Å². The molecule has 2 fully saturated rings. The largest absolute Gasteiger partial charge is 0.390 e. The van der Waals surface area contributed by atoms with Gasteiger partial charge in [0.15, 0.2) is 5.60 Å². The summed E-state index contributed by atoms with van der Waals surface area (Å²) in [6.07, 6.45) is -1.71. The van der Waals surface area contributed by atoms with Crippen LogP contribution in [0.25, 0.3) is 0 Å². The summed E-state index contributed by atoms with van der Waals surface area (Å²) in [5.74, 6) is -0.818. The van der Waals surface area contributed by atoms with Gasteiger partial charge in [0, 0.05) is 6.42 Å². The lowest BCUT2D eigenvalue weighted by Crippen LogP contribution is -2.47. The predicted octanol–water partition coefficient (Wildman–Crippen LogP) is -2.27. The van der Waals surface area contributed by atoms with Gasteiger partial charge in [-0.05, 0) is 0 Å². The molecular formula is C6H9NO4. The fourth-order valence-corrected chi connectivity index (χ4v) is 1.59. The van der Waals surface area contributed by atoms with E-state index < -0.39 is 23.7 Å². The molecule has 11 heavy (non-hydrogen) atoms. The zero-order valence-corrected chi connectivity index (χ0v) is 5.73. The second kappa shape index (κ2) is 1.74. The molecule has 1 aliphatic carbocycles.